The number of halogens is 2. The van der Waals surface area contributed by atoms with Crippen LogP contribution < -0.4 is 0 Å². The van der Waals surface area contributed by atoms with Gasteiger partial charge in [0, 0.05) is 12.3 Å². The molecule has 4 heteroatoms. The second-order valence-corrected chi connectivity index (χ2v) is 8.60. The Morgan fingerprint density at radius 2 is 2.00 bits per heavy atom. The molecule has 0 aromatic rings. The van der Waals surface area contributed by atoms with Gasteiger partial charge in [0.1, 0.15) is 0 Å². The number of rotatable bonds is 2. The number of alkyl halides is 2. The lowest BCUT2D eigenvalue weighted by Crippen LogP contribution is -2.46. The molecular formula is C21H26F2O2. The zero-order chi connectivity index (χ0) is 18.0. The second kappa shape index (κ2) is 5.52. The van der Waals surface area contributed by atoms with Gasteiger partial charge < -0.3 is 5.11 Å². The van der Waals surface area contributed by atoms with Gasteiger partial charge in [-0.3, -0.25) is 4.79 Å². The maximum atomic E-state index is 14.6. The van der Waals surface area contributed by atoms with E-state index in [1.807, 2.05) is 13.0 Å². The van der Waals surface area contributed by atoms with Crippen LogP contribution in [0.15, 0.2) is 35.1 Å². The van der Waals surface area contributed by atoms with Gasteiger partial charge in [-0.15, -0.1) is 0 Å². The predicted molar refractivity (Wildman–Crippen MR) is 92.3 cm³/mol. The number of fused-ring (bicyclic) bond motifs is 4. The molecule has 136 valence electrons. The zero-order valence-corrected chi connectivity index (χ0v) is 14.8. The molecule has 4 aliphatic carbocycles. The summed E-state index contributed by atoms with van der Waals surface area (Å²) in [6.07, 6.45) is 7.93. The van der Waals surface area contributed by atoms with Crippen molar-refractivity contribution in [3.05, 3.63) is 35.1 Å². The molecule has 0 aromatic carbocycles. The molecular weight excluding hydrogens is 322 g/mol. The average molecular weight is 348 g/mol. The van der Waals surface area contributed by atoms with Crippen LogP contribution in [0.4, 0.5) is 8.78 Å². The fourth-order valence-corrected chi connectivity index (χ4v) is 6.33. The summed E-state index contributed by atoms with van der Waals surface area (Å²) in [6, 6.07) is 0. The Labute approximate surface area is 147 Å². The topological polar surface area (TPSA) is 37.3 Å². The monoisotopic (exact) mass is 348 g/mol. The Morgan fingerprint density at radius 3 is 2.72 bits per heavy atom. The highest BCUT2D eigenvalue weighted by Gasteiger charge is 2.61. The number of hydrogen-bond acceptors (Lipinski definition) is 2. The Balaban J connectivity index is 1.69. The molecule has 1 N–H and O–H groups in total. The van der Waals surface area contributed by atoms with Crippen molar-refractivity contribution in [2.45, 2.75) is 64.2 Å². The first-order valence-electron chi connectivity index (χ1n) is 9.47. The van der Waals surface area contributed by atoms with Crippen molar-refractivity contribution in [2.24, 2.45) is 23.2 Å². The molecule has 4 aliphatic rings. The van der Waals surface area contributed by atoms with E-state index in [2.05, 4.69) is 6.58 Å². The number of carbonyl (C=O) groups is 1. The second-order valence-electron chi connectivity index (χ2n) is 8.60. The van der Waals surface area contributed by atoms with Gasteiger partial charge in [-0.1, -0.05) is 19.1 Å². The van der Waals surface area contributed by atoms with Gasteiger partial charge >= 0.3 is 5.92 Å². The molecule has 0 bridgehead atoms. The molecule has 0 aromatic heterocycles. The molecule has 25 heavy (non-hydrogen) atoms. The molecule has 0 aliphatic heterocycles. The maximum Gasteiger partial charge on any atom is 0.306 e. The van der Waals surface area contributed by atoms with E-state index in [1.165, 1.54) is 16.7 Å². The van der Waals surface area contributed by atoms with Crippen LogP contribution in [-0.4, -0.2) is 16.8 Å². The van der Waals surface area contributed by atoms with Gasteiger partial charge in [0.2, 0.25) is 0 Å². The minimum absolute atomic E-state index is 0.223. The Hall–Kier alpha value is -1.45. The van der Waals surface area contributed by atoms with E-state index in [9.17, 15) is 18.7 Å². The zero-order valence-electron chi connectivity index (χ0n) is 14.8. The molecule has 4 rings (SSSR count). The summed E-state index contributed by atoms with van der Waals surface area (Å²) in [4.78, 5) is 11.7. The van der Waals surface area contributed by atoms with Gasteiger partial charge in [-0.25, -0.2) is 0 Å². The van der Waals surface area contributed by atoms with Crippen LogP contribution in [0.5, 0.6) is 0 Å². The van der Waals surface area contributed by atoms with E-state index in [-0.39, 0.29) is 11.7 Å². The Kier molecular flexibility index (Phi) is 3.75. The molecule has 0 amide bonds. The average Bonchev–Trinajstić information content (AvgIpc) is 2.92. The molecule has 0 saturated heterocycles. The van der Waals surface area contributed by atoms with E-state index >= 15 is 0 Å². The van der Waals surface area contributed by atoms with Crippen molar-refractivity contribution < 1.29 is 18.7 Å². The first-order valence-corrected chi connectivity index (χ1v) is 9.47. The number of carbonyl (C=O) groups excluding carboxylic acids is 1. The van der Waals surface area contributed by atoms with Gasteiger partial charge in [0.25, 0.3) is 0 Å². The molecule has 4 atom stereocenters. The fourth-order valence-electron chi connectivity index (χ4n) is 6.33. The van der Waals surface area contributed by atoms with E-state index in [4.69, 9.17) is 0 Å². The minimum Gasteiger partial charge on any atom is -0.507 e. The highest BCUT2D eigenvalue weighted by atomic mass is 19.3. The maximum absolute atomic E-state index is 14.6. The minimum atomic E-state index is -3.20. The summed E-state index contributed by atoms with van der Waals surface area (Å²) in [6.45, 7) is 5.14. The number of allylic oxidation sites excluding steroid dienone is 5. The molecule has 1 unspecified atom stereocenters. The van der Waals surface area contributed by atoms with Crippen molar-refractivity contribution in [3.63, 3.8) is 0 Å². The lowest BCUT2D eigenvalue weighted by molar-refractivity contribution is -0.115. The predicted octanol–water partition coefficient (Wildman–Crippen LogP) is 5.52. The summed E-state index contributed by atoms with van der Waals surface area (Å²) in [5.41, 5.74) is 3.56. The summed E-state index contributed by atoms with van der Waals surface area (Å²) in [5, 5.41) is 9.46. The lowest BCUT2D eigenvalue weighted by atomic mass is 9.55. The summed E-state index contributed by atoms with van der Waals surface area (Å²) >= 11 is 0. The molecule has 0 spiro atoms. The highest BCUT2D eigenvalue weighted by molar-refractivity contribution is 5.93. The van der Waals surface area contributed by atoms with Crippen molar-refractivity contribution >= 4 is 5.78 Å². The van der Waals surface area contributed by atoms with Crippen LogP contribution >= 0.6 is 0 Å². The summed E-state index contributed by atoms with van der Waals surface area (Å²) < 4.78 is 29.2. The lowest BCUT2D eigenvalue weighted by Gasteiger charge is -2.50. The van der Waals surface area contributed by atoms with Crippen LogP contribution in [0.1, 0.15) is 58.3 Å². The standard InChI is InChI=1S/C21H26F2O2/c1-12(24)21(22,23)19-8-7-18-17-5-3-13-11-14(25)4-6-15(13)16(17)9-10-20(18,19)2/h11,17-19,24H,1,3-10H2,2H3/t17-,18+,19?,20+/m1/s1. The summed E-state index contributed by atoms with van der Waals surface area (Å²) in [5.74, 6) is -4.17. The normalized spacial score (nSPS) is 38.0. The van der Waals surface area contributed by atoms with E-state index in [0.29, 0.717) is 18.8 Å². The molecule has 2 saturated carbocycles. The van der Waals surface area contributed by atoms with Crippen molar-refractivity contribution in [1.29, 1.82) is 0 Å². The van der Waals surface area contributed by atoms with Crippen molar-refractivity contribution in [2.75, 3.05) is 0 Å². The van der Waals surface area contributed by atoms with E-state index in [0.717, 1.165) is 38.5 Å². The Morgan fingerprint density at radius 1 is 1.24 bits per heavy atom. The number of ketones is 1. The van der Waals surface area contributed by atoms with Gasteiger partial charge in [0.15, 0.2) is 11.5 Å². The molecule has 0 radical (unpaired) electrons. The SMILES string of the molecule is C=C(O)C(F)(F)C1CC[C@H]2[C@@H]3CCC4=CC(=O)CCC4=C3CC[C@]12C. The first-order chi connectivity index (χ1) is 11.7. The number of aliphatic hydroxyl groups is 1. The third-order valence-corrected chi connectivity index (χ3v) is 7.55. The van der Waals surface area contributed by atoms with Crippen LogP contribution in [0, 0.1) is 23.2 Å². The smallest absolute Gasteiger partial charge is 0.306 e. The first kappa shape index (κ1) is 17.0. The van der Waals surface area contributed by atoms with Gasteiger partial charge in [-0.2, -0.15) is 8.78 Å². The molecule has 0 heterocycles. The fraction of sp³-hybridized carbons (Fsp3) is 0.667. The number of aliphatic hydroxyl groups excluding tert-OH is 1. The quantitative estimate of drug-likeness (QED) is 0.668. The molecule has 2 nitrogen and oxygen atoms in total. The van der Waals surface area contributed by atoms with E-state index in [1.54, 1.807) is 0 Å². The third-order valence-electron chi connectivity index (χ3n) is 7.55. The van der Waals surface area contributed by atoms with Crippen molar-refractivity contribution in [1.82, 2.24) is 0 Å². The largest absolute Gasteiger partial charge is 0.507 e. The van der Waals surface area contributed by atoms with Crippen LogP contribution in [-0.2, 0) is 4.79 Å². The third kappa shape index (κ3) is 2.36. The number of hydrogen-bond donors (Lipinski definition) is 1. The Bertz CT molecular complexity index is 703. The van der Waals surface area contributed by atoms with E-state index < -0.39 is 23.0 Å². The van der Waals surface area contributed by atoms with Crippen molar-refractivity contribution in [3.8, 4) is 0 Å². The van der Waals surface area contributed by atoms with Crippen LogP contribution in [0.2, 0.25) is 0 Å². The van der Waals surface area contributed by atoms with Gasteiger partial charge in [-0.05, 0) is 79.4 Å². The highest BCUT2D eigenvalue weighted by Crippen LogP contribution is 2.65. The van der Waals surface area contributed by atoms with Crippen LogP contribution in [0.3, 0.4) is 0 Å². The van der Waals surface area contributed by atoms with Gasteiger partial charge in [0.05, 0.1) is 0 Å². The summed E-state index contributed by atoms with van der Waals surface area (Å²) in [7, 11) is 0. The van der Waals surface area contributed by atoms with Crippen LogP contribution in [0.25, 0.3) is 0 Å². The molecule has 2 fully saturated rings.